The number of nitrogen functional groups attached to an aromatic ring is 1. The van der Waals surface area contributed by atoms with Gasteiger partial charge in [-0.3, -0.25) is 28.8 Å². The highest BCUT2D eigenvalue weighted by Gasteiger charge is 2.22. The van der Waals surface area contributed by atoms with Gasteiger partial charge in [0.15, 0.2) is 42.6 Å². The minimum atomic E-state index is -0.358. The molecule has 10 heterocycles. The van der Waals surface area contributed by atoms with E-state index < -0.39 is 0 Å². The van der Waals surface area contributed by atoms with Crippen LogP contribution in [-0.2, 0) is 34.0 Å². The molecule has 0 aliphatic carbocycles. The third-order valence-corrected chi connectivity index (χ3v) is 13.7. The van der Waals surface area contributed by atoms with E-state index in [2.05, 4.69) is 84.8 Å². The van der Waals surface area contributed by atoms with Crippen molar-refractivity contribution < 1.29 is 43.0 Å². The highest BCUT2D eigenvalue weighted by Crippen LogP contribution is 2.31. The molecule has 436 valence electrons. The van der Waals surface area contributed by atoms with Crippen molar-refractivity contribution in [2.24, 2.45) is 5.84 Å². The van der Waals surface area contributed by atoms with E-state index in [4.69, 9.17) is 31.7 Å². The molecule has 3 aliphatic heterocycles. The van der Waals surface area contributed by atoms with E-state index >= 15 is 0 Å². The molecule has 0 unspecified atom stereocenters. The van der Waals surface area contributed by atoms with Gasteiger partial charge in [-0.25, -0.2) is 30.0 Å². The first-order chi connectivity index (χ1) is 42.3. The zero-order valence-corrected chi connectivity index (χ0v) is 46.4. The van der Waals surface area contributed by atoms with Crippen LogP contribution in [0.15, 0.2) is 146 Å². The van der Waals surface area contributed by atoms with Crippen molar-refractivity contribution in [1.82, 2.24) is 69.5 Å². The summed E-state index contributed by atoms with van der Waals surface area (Å²) in [5.74, 6) is 6.62. The number of halogens is 1. The summed E-state index contributed by atoms with van der Waals surface area (Å²) in [7, 11) is 0. The summed E-state index contributed by atoms with van der Waals surface area (Å²) in [6, 6.07) is 33.9. The van der Waals surface area contributed by atoms with Gasteiger partial charge in [0.2, 0.25) is 0 Å². The summed E-state index contributed by atoms with van der Waals surface area (Å²) < 4.78 is 22.2. The lowest BCUT2D eigenvalue weighted by Gasteiger charge is -2.18. The molecule has 29 heteroatoms. The zero-order chi connectivity index (χ0) is 60.1. The van der Waals surface area contributed by atoms with Gasteiger partial charge in [0.25, 0.3) is 35.4 Å². The number of rotatable bonds is 12. The molecule has 14 rings (SSSR count). The van der Waals surface area contributed by atoms with E-state index in [1.807, 2.05) is 43.5 Å². The number of nitrogens with zero attached hydrogens (tertiary/aromatic N) is 11. The van der Waals surface area contributed by atoms with Crippen LogP contribution in [0, 0.1) is 6.92 Å². The number of carbonyl (C=O) groups excluding carboxylic acids is 6. The number of fused-ring (bicyclic) bond motifs is 6. The van der Waals surface area contributed by atoms with Crippen LogP contribution in [-0.4, -0.2) is 109 Å². The maximum Gasteiger partial charge on any atom is 0.270 e. The maximum absolute atomic E-state index is 13.0. The van der Waals surface area contributed by atoms with Gasteiger partial charge < -0.3 is 51.5 Å². The Balaban J connectivity index is 0.000000130. The Morgan fingerprint density at radius 3 is 1.46 bits per heavy atom. The Morgan fingerprint density at radius 2 is 0.966 bits per heavy atom. The fourth-order valence-electron chi connectivity index (χ4n) is 9.18. The van der Waals surface area contributed by atoms with Gasteiger partial charge in [-0.1, -0.05) is 59.6 Å². The largest absolute Gasteiger partial charge is 0.482 e. The number of aryl methyl sites for hydroxylation is 1. The van der Waals surface area contributed by atoms with E-state index in [0.29, 0.717) is 68.0 Å². The Labute approximate surface area is 496 Å². The van der Waals surface area contributed by atoms with Crippen LogP contribution in [0.4, 0.5) is 22.9 Å². The zero-order valence-electron chi connectivity index (χ0n) is 45.6. The first-order valence-corrected chi connectivity index (χ1v) is 26.9. The van der Waals surface area contributed by atoms with Crippen LogP contribution in [0.3, 0.4) is 0 Å². The van der Waals surface area contributed by atoms with Crippen molar-refractivity contribution in [3.63, 3.8) is 0 Å². The Hall–Kier alpha value is -11.8. The predicted octanol–water partition coefficient (Wildman–Crippen LogP) is 5.07. The highest BCUT2D eigenvalue weighted by molar-refractivity contribution is 6.30. The first kappa shape index (κ1) is 55.7. The molecule has 0 saturated heterocycles. The van der Waals surface area contributed by atoms with E-state index in [1.165, 1.54) is 26.7 Å². The van der Waals surface area contributed by atoms with Crippen LogP contribution in [0.2, 0.25) is 5.15 Å². The summed E-state index contributed by atoms with van der Waals surface area (Å²) in [4.78, 5) is 85.1. The first-order valence-electron chi connectivity index (χ1n) is 26.6. The third-order valence-electron chi connectivity index (χ3n) is 13.5. The van der Waals surface area contributed by atoms with Gasteiger partial charge in [-0.05, 0) is 65.6 Å². The average molecular weight is 1190 g/mol. The van der Waals surface area contributed by atoms with Crippen LogP contribution in [0.25, 0.3) is 33.9 Å². The smallest absolute Gasteiger partial charge is 0.270 e. The van der Waals surface area contributed by atoms with Crippen molar-refractivity contribution in [3.8, 4) is 34.2 Å². The fraction of sp³-hybridized carbons (Fsp3) is 0.121. The molecule has 7 aromatic heterocycles. The van der Waals surface area contributed by atoms with Crippen LogP contribution in [0.1, 0.15) is 53.7 Å². The number of aromatic nitrogens is 11. The minimum Gasteiger partial charge on any atom is -0.482 e. The number of hydrogen-bond acceptors (Lipinski definition) is 18. The summed E-state index contributed by atoms with van der Waals surface area (Å²) >= 11 is 6.08. The lowest BCUT2D eigenvalue weighted by molar-refractivity contribution is -0.119. The molecule has 28 nitrogen and oxygen atoms in total. The minimum absolute atomic E-state index is 0.00305. The quantitative estimate of drug-likeness (QED) is 0.0449. The van der Waals surface area contributed by atoms with E-state index in [9.17, 15) is 28.8 Å². The van der Waals surface area contributed by atoms with Gasteiger partial charge in [0.05, 0.1) is 41.8 Å². The molecular formula is C58H48ClN19O9. The number of amides is 6. The average Bonchev–Trinajstić information content (AvgIpc) is 3.21. The van der Waals surface area contributed by atoms with Crippen molar-refractivity contribution in [3.05, 3.63) is 191 Å². The summed E-state index contributed by atoms with van der Waals surface area (Å²) in [6.45, 7) is 2.84. The molecule has 6 amide bonds. The second-order valence-electron chi connectivity index (χ2n) is 19.5. The standard InChI is InChI=1S/C26H21N7O3.C16H12ClN5O3.C16H15N7O3/c1-16-2-5-18(6-3-16)19-13-29-32(14-19)25-11-21(30-23-8-9-28-33(23)25)26(35)27-12-17-4-7-22-20(10-17)31-24(34)15-36-22;17-13-6-11(20-14-3-4-19-22(13)14)16(24)18-7-9-1-2-12-10(5-9)21-15(23)8-25-12;17-22-14-6-11(20-13-3-4-19-23(13)14)16(25)18-7-9-1-2-12-10(5-9)21-15(24)8-26-12/h2-11,13-14H,12,15H2,1H3,(H,27,35)(H,31,34);1-6H,7-8H2,(H,18,24)(H,21,23);1-6,22H,7-8,17H2,(H,18,25)(H,21,24). The maximum atomic E-state index is 13.0. The van der Waals surface area contributed by atoms with Gasteiger partial charge >= 0.3 is 0 Å². The van der Waals surface area contributed by atoms with E-state index in [-0.39, 0.29) is 92.0 Å². The molecule has 4 aromatic carbocycles. The SMILES string of the molecule is Cc1ccc(-c2cnn(-c3cc(C(=O)NCc4ccc5c(c4)NC(=O)CO5)nc4ccnn34)c2)cc1.NNc1cc(C(=O)NCc2ccc3c(c2)NC(=O)CO3)nc2ccnn12.O=C1COc2ccc(CNC(=O)c3cc(Cl)n4nccc4n3)cc2N1. The monoisotopic (exact) mass is 1190 g/mol. The van der Waals surface area contributed by atoms with Crippen LogP contribution < -0.4 is 57.4 Å². The number of nitrogens with one attached hydrogen (secondary N) is 7. The number of nitrogens with two attached hydrogens (primary N) is 1. The molecular weight excluding hydrogens is 1140 g/mol. The lowest BCUT2D eigenvalue weighted by Crippen LogP contribution is -2.26. The number of anilines is 4. The Kier molecular flexibility index (Phi) is 15.5. The van der Waals surface area contributed by atoms with E-state index in [1.54, 1.807) is 94.6 Å². The molecule has 0 saturated carbocycles. The van der Waals surface area contributed by atoms with Crippen molar-refractivity contribution >= 4 is 86.9 Å². The highest BCUT2D eigenvalue weighted by atomic mass is 35.5. The summed E-state index contributed by atoms with van der Waals surface area (Å²) in [5, 5.41) is 33.9. The molecule has 11 aromatic rings. The summed E-state index contributed by atoms with van der Waals surface area (Å²) in [6.07, 6.45) is 8.42. The van der Waals surface area contributed by atoms with E-state index in [0.717, 1.165) is 27.8 Å². The molecule has 0 fully saturated rings. The van der Waals surface area contributed by atoms with Crippen molar-refractivity contribution in [1.29, 1.82) is 0 Å². The van der Waals surface area contributed by atoms with Crippen molar-refractivity contribution in [2.45, 2.75) is 26.6 Å². The Bertz CT molecular complexity index is 4520. The fourth-order valence-corrected chi connectivity index (χ4v) is 9.42. The number of carbonyl (C=O) groups is 6. The second kappa shape index (κ2) is 24.2. The molecule has 87 heavy (non-hydrogen) atoms. The molecule has 0 spiro atoms. The number of benzene rings is 4. The lowest BCUT2D eigenvalue weighted by atomic mass is 10.1. The normalized spacial score (nSPS) is 12.8. The van der Waals surface area contributed by atoms with Crippen LogP contribution >= 0.6 is 11.6 Å². The Morgan fingerprint density at radius 1 is 0.529 bits per heavy atom. The number of ether oxygens (including phenoxy) is 3. The molecule has 3 aliphatic rings. The molecule has 9 N–H and O–H groups in total. The molecule has 0 radical (unpaired) electrons. The second-order valence-corrected chi connectivity index (χ2v) is 19.9. The van der Waals surface area contributed by atoms with Crippen LogP contribution in [0.5, 0.6) is 17.2 Å². The predicted molar refractivity (Wildman–Crippen MR) is 314 cm³/mol. The summed E-state index contributed by atoms with van der Waals surface area (Å²) in [5.41, 5.74) is 12.0. The van der Waals surface area contributed by atoms with Crippen molar-refractivity contribution in [2.75, 3.05) is 41.2 Å². The number of hydrogen-bond donors (Lipinski definition) is 8. The van der Waals surface area contributed by atoms with Gasteiger partial charge in [-0.15, -0.1) is 0 Å². The molecule has 0 bridgehead atoms. The molecule has 0 atom stereocenters. The topological polar surface area (TPSA) is 349 Å². The van der Waals surface area contributed by atoms with Gasteiger partial charge in [-0.2, -0.15) is 29.4 Å². The van der Waals surface area contributed by atoms with Gasteiger partial charge in [0.1, 0.15) is 45.3 Å². The third kappa shape index (κ3) is 12.5. The van der Waals surface area contributed by atoms with Gasteiger partial charge in [0, 0.05) is 67.8 Å². The number of hydrazine groups is 1.